The predicted octanol–water partition coefficient (Wildman–Crippen LogP) is 5.85. The Morgan fingerprint density at radius 1 is 0.577 bits per heavy atom. The lowest BCUT2D eigenvalue weighted by molar-refractivity contribution is 0.0735. The standard InChI is InChI=1S/C23H16O3/c24-23(26-22-15-10-17-6-4-5-7-19(17)16-22)18-11-13-21(14-12-18)25-20-8-2-1-3-9-20/h1-16H. The van der Waals surface area contributed by atoms with Gasteiger partial charge in [-0.2, -0.15) is 0 Å². The Morgan fingerprint density at radius 2 is 1.19 bits per heavy atom. The first-order chi connectivity index (χ1) is 12.8. The summed E-state index contributed by atoms with van der Waals surface area (Å²) < 4.78 is 11.2. The molecule has 3 nitrogen and oxygen atoms in total. The van der Waals surface area contributed by atoms with Crippen LogP contribution in [-0.4, -0.2) is 5.97 Å². The van der Waals surface area contributed by atoms with E-state index in [0.717, 1.165) is 16.5 Å². The first-order valence-electron chi connectivity index (χ1n) is 8.32. The summed E-state index contributed by atoms with van der Waals surface area (Å²) in [6.45, 7) is 0. The molecule has 3 heteroatoms. The summed E-state index contributed by atoms with van der Waals surface area (Å²) >= 11 is 0. The molecule has 4 aromatic carbocycles. The Balaban J connectivity index is 1.47. The predicted molar refractivity (Wildman–Crippen MR) is 102 cm³/mol. The summed E-state index contributed by atoms with van der Waals surface area (Å²) in [5.41, 5.74) is 0.471. The van der Waals surface area contributed by atoms with E-state index in [-0.39, 0.29) is 0 Å². The summed E-state index contributed by atoms with van der Waals surface area (Å²) in [6.07, 6.45) is 0. The van der Waals surface area contributed by atoms with Crippen molar-refractivity contribution in [1.29, 1.82) is 0 Å². The van der Waals surface area contributed by atoms with Crippen molar-refractivity contribution in [3.05, 3.63) is 103 Å². The van der Waals surface area contributed by atoms with Crippen LogP contribution in [0.5, 0.6) is 17.2 Å². The fourth-order valence-electron chi connectivity index (χ4n) is 2.68. The van der Waals surface area contributed by atoms with E-state index in [1.54, 1.807) is 30.3 Å². The van der Waals surface area contributed by atoms with Crippen LogP contribution < -0.4 is 9.47 Å². The van der Waals surface area contributed by atoms with Crippen molar-refractivity contribution in [2.75, 3.05) is 0 Å². The minimum Gasteiger partial charge on any atom is -0.457 e. The summed E-state index contributed by atoms with van der Waals surface area (Å²) in [7, 11) is 0. The molecule has 0 N–H and O–H groups in total. The van der Waals surface area contributed by atoms with Gasteiger partial charge in [-0.05, 0) is 59.3 Å². The molecule has 0 saturated carbocycles. The number of ether oxygens (including phenoxy) is 2. The van der Waals surface area contributed by atoms with Crippen molar-refractivity contribution in [2.24, 2.45) is 0 Å². The maximum atomic E-state index is 12.4. The first-order valence-corrected chi connectivity index (χ1v) is 8.32. The highest BCUT2D eigenvalue weighted by molar-refractivity contribution is 5.92. The monoisotopic (exact) mass is 340 g/mol. The number of benzene rings is 4. The largest absolute Gasteiger partial charge is 0.457 e. The topological polar surface area (TPSA) is 35.5 Å². The van der Waals surface area contributed by atoms with Crippen molar-refractivity contribution >= 4 is 16.7 Å². The zero-order valence-electron chi connectivity index (χ0n) is 14.0. The number of hydrogen-bond acceptors (Lipinski definition) is 3. The van der Waals surface area contributed by atoms with Crippen LogP contribution in [-0.2, 0) is 0 Å². The third-order valence-electron chi connectivity index (χ3n) is 4.00. The quantitative estimate of drug-likeness (QED) is 0.345. The van der Waals surface area contributed by atoms with E-state index < -0.39 is 5.97 Å². The van der Waals surface area contributed by atoms with Gasteiger partial charge < -0.3 is 9.47 Å². The van der Waals surface area contributed by atoms with Gasteiger partial charge in [-0.1, -0.05) is 48.5 Å². The van der Waals surface area contributed by atoms with Gasteiger partial charge in [0, 0.05) is 0 Å². The Morgan fingerprint density at radius 3 is 1.96 bits per heavy atom. The van der Waals surface area contributed by atoms with E-state index in [4.69, 9.17) is 9.47 Å². The molecule has 0 aliphatic heterocycles. The number of carbonyl (C=O) groups is 1. The lowest BCUT2D eigenvalue weighted by Crippen LogP contribution is -2.08. The summed E-state index contributed by atoms with van der Waals surface area (Å²) in [4.78, 5) is 12.4. The second kappa shape index (κ2) is 7.11. The van der Waals surface area contributed by atoms with Gasteiger partial charge in [0.1, 0.15) is 17.2 Å². The van der Waals surface area contributed by atoms with E-state index in [1.165, 1.54) is 0 Å². The maximum absolute atomic E-state index is 12.4. The molecule has 0 atom stereocenters. The molecule has 0 bridgehead atoms. The molecule has 0 aliphatic carbocycles. The van der Waals surface area contributed by atoms with Crippen molar-refractivity contribution < 1.29 is 14.3 Å². The SMILES string of the molecule is O=C(Oc1ccc2ccccc2c1)c1ccc(Oc2ccccc2)cc1. The summed E-state index contributed by atoms with van der Waals surface area (Å²) in [5.74, 6) is 1.54. The van der Waals surface area contributed by atoms with Gasteiger partial charge in [-0.25, -0.2) is 4.79 Å². The van der Waals surface area contributed by atoms with Gasteiger partial charge in [0.25, 0.3) is 0 Å². The Kier molecular flexibility index (Phi) is 4.35. The number of fused-ring (bicyclic) bond motifs is 1. The second-order valence-electron chi connectivity index (χ2n) is 5.84. The molecule has 0 aromatic heterocycles. The average molecular weight is 340 g/mol. The molecular formula is C23H16O3. The van der Waals surface area contributed by atoms with Crippen LogP contribution in [0.2, 0.25) is 0 Å². The number of esters is 1. The molecule has 0 unspecified atom stereocenters. The number of carbonyl (C=O) groups excluding carboxylic acids is 1. The highest BCUT2D eigenvalue weighted by atomic mass is 16.5. The van der Waals surface area contributed by atoms with Gasteiger partial charge in [0.05, 0.1) is 5.56 Å². The molecule has 4 rings (SSSR count). The molecule has 4 aromatic rings. The zero-order chi connectivity index (χ0) is 17.8. The molecule has 0 amide bonds. The van der Waals surface area contributed by atoms with Crippen LogP contribution in [0.1, 0.15) is 10.4 Å². The van der Waals surface area contributed by atoms with E-state index >= 15 is 0 Å². The van der Waals surface area contributed by atoms with Crippen LogP contribution >= 0.6 is 0 Å². The van der Waals surface area contributed by atoms with Crippen LogP contribution in [0.15, 0.2) is 97.1 Å². The highest BCUT2D eigenvalue weighted by Gasteiger charge is 2.09. The minimum absolute atomic E-state index is 0.397. The van der Waals surface area contributed by atoms with E-state index in [1.807, 2.05) is 66.7 Å². The van der Waals surface area contributed by atoms with Crippen LogP contribution in [0, 0.1) is 0 Å². The Hall–Kier alpha value is -3.59. The fraction of sp³-hybridized carbons (Fsp3) is 0. The first kappa shape index (κ1) is 15.9. The third kappa shape index (κ3) is 3.57. The third-order valence-corrected chi connectivity index (χ3v) is 4.00. The fourth-order valence-corrected chi connectivity index (χ4v) is 2.68. The number of para-hydroxylation sites is 1. The van der Waals surface area contributed by atoms with E-state index in [0.29, 0.717) is 17.1 Å². The van der Waals surface area contributed by atoms with Crippen LogP contribution in [0.3, 0.4) is 0 Å². The molecule has 0 radical (unpaired) electrons. The van der Waals surface area contributed by atoms with Crippen molar-refractivity contribution in [1.82, 2.24) is 0 Å². The lowest BCUT2D eigenvalue weighted by Gasteiger charge is -2.08. The van der Waals surface area contributed by atoms with Crippen molar-refractivity contribution in [3.63, 3.8) is 0 Å². The van der Waals surface area contributed by atoms with E-state index in [9.17, 15) is 4.79 Å². The van der Waals surface area contributed by atoms with Crippen molar-refractivity contribution in [2.45, 2.75) is 0 Å². The van der Waals surface area contributed by atoms with Gasteiger partial charge >= 0.3 is 5.97 Å². The Bertz CT molecular complexity index is 1040. The zero-order valence-corrected chi connectivity index (χ0v) is 14.0. The smallest absolute Gasteiger partial charge is 0.343 e. The van der Waals surface area contributed by atoms with Gasteiger partial charge in [-0.15, -0.1) is 0 Å². The summed E-state index contributed by atoms with van der Waals surface area (Å²) in [5, 5.41) is 2.14. The maximum Gasteiger partial charge on any atom is 0.343 e. The molecule has 0 spiro atoms. The molecule has 0 fully saturated rings. The van der Waals surface area contributed by atoms with Gasteiger partial charge in [0.2, 0.25) is 0 Å². The van der Waals surface area contributed by atoms with Crippen LogP contribution in [0.25, 0.3) is 10.8 Å². The lowest BCUT2D eigenvalue weighted by atomic mass is 10.1. The van der Waals surface area contributed by atoms with Crippen LogP contribution in [0.4, 0.5) is 0 Å². The highest BCUT2D eigenvalue weighted by Crippen LogP contribution is 2.23. The molecule has 126 valence electrons. The number of rotatable bonds is 4. The molecular weight excluding hydrogens is 324 g/mol. The van der Waals surface area contributed by atoms with Gasteiger partial charge in [0.15, 0.2) is 0 Å². The minimum atomic E-state index is -0.397. The molecule has 0 saturated heterocycles. The Labute approximate surface area is 151 Å². The molecule has 0 aliphatic rings. The van der Waals surface area contributed by atoms with Gasteiger partial charge in [-0.3, -0.25) is 0 Å². The molecule has 0 heterocycles. The van der Waals surface area contributed by atoms with Crippen molar-refractivity contribution in [3.8, 4) is 17.2 Å². The average Bonchev–Trinajstić information content (AvgIpc) is 2.69. The van der Waals surface area contributed by atoms with E-state index in [2.05, 4.69) is 0 Å². The summed E-state index contributed by atoms with van der Waals surface area (Å²) in [6, 6.07) is 29.9. The number of hydrogen-bond donors (Lipinski definition) is 0. The second-order valence-corrected chi connectivity index (χ2v) is 5.84. The normalized spacial score (nSPS) is 10.5. The molecule has 26 heavy (non-hydrogen) atoms.